The van der Waals surface area contributed by atoms with Gasteiger partial charge in [0, 0.05) is 0 Å². The van der Waals surface area contributed by atoms with Gasteiger partial charge >= 0.3 is 0 Å². The highest BCUT2D eigenvalue weighted by Crippen LogP contribution is 2.44. The predicted octanol–water partition coefficient (Wildman–Crippen LogP) is 5.94. The zero-order valence-electron chi connectivity index (χ0n) is 18.9. The molecule has 0 bridgehead atoms. The van der Waals surface area contributed by atoms with E-state index < -0.39 is 0 Å². The quantitative estimate of drug-likeness (QED) is 0.573. The molecule has 2 N–H and O–H groups in total. The van der Waals surface area contributed by atoms with Crippen molar-refractivity contribution in [2.45, 2.75) is 59.8 Å². The topological polar surface area (TPSA) is 58.0 Å². The summed E-state index contributed by atoms with van der Waals surface area (Å²) in [6, 6.07) is 1.45. The summed E-state index contributed by atoms with van der Waals surface area (Å²) in [6.45, 7) is 11.2. The minimum absolute atomic E-state index is 0.220. The molecule has 3 rings (SSSR count). The normalized spacial score (nSPS) is 21.9. The van der Waals surface area contributed by atoms with Gasteiger partial charge in [0.05, 0.1) is 6.07 Å². The second-order valence-electron chi connectivity index (χ2n) is 9.31. The summed E-state index contributed by atoms with van der Waals surface area (Å²) in [7, 11) is 0. The summed E-state index contributed by atoms with van der Waals surface area (Å²) in [5.74, 6) is 1.29. The molecule has 1 aromatic heterocycles. The molecule has 1 saturated heterocycles. The van der Waals surface area contributed by atoms with Crippen molar-refractivity contribution < 1.29 is 4.52 Å². The Hall–Kier alpha value is -2.33. The summed E-state index contributed by atoms with van der Waals surface area (Å²) < 4.78 is 5.06. The van der Waals surface area contributed by atoms with E-state index in [2.05, 4.69) is 49.5 Å². The first-order valence-corrected chi connectivity index (χ1v) is 11.2. The third-order valence-corrected chi connectivity index (χ3v) is 6.30. The van der Waals surface area contributed by atoms with E-state index in [1.54, 1.807) is 11.1 Å². The van der Waals surface area contributed by atoms with Gasteiger partial charge in [0.1, 0.15) is 0 Å². The zero-order valence-corrected chi connectivity index (χ0v) is 18.9. The highest BCUT2D eigenvalue weighted by Gasteiger charge is 2.31. The van der Waals surface area contributed by atoms with Crippen LogP contribution in [0.1, 0.15) is 65.6 Å². The van der Waals surface area contributed by atoms with Gasteiger partial charge in [0.2, 0.25) is 0 Å². The maximum atomic E-state index is 11.1. The summed E-state index contributed by atoms with van der Waals surface area (Å²) in [5.41, 5.74) is 5.56. The number of rotatable bonds is 6. The average molecular weight is 409 g/mol. The lowest BCUT2D eigenvalue weighted by Gasteiger charge is -2.38. The van der Waals surface area contributed by atoms with Crippen LogP contribution in [0.4, 0.5) is 0 Å². The molecule has 0 unspecified atom stereocenters. The predicted molar refractivity (Wildman–Crippen MR) is 125 cm³/mol. The average Bonchev–Trinajstić information content (AvgIpc) is 3.11. The van der Waals surface area contributed by atoms with Gasteiger partial charge in [0.15, 0.2) is 5.76 Å². The number of aromatic amines is 1. The van der Waals surface area contributed by atoms with Crippen LogP contribution in [0.2, 0.25) is 0 Å². The first-order valence-electron chi connectivity index (χ1n) is 11.2. The van der Waals surface area contributed by atoms with Crippen LogP contribution in [-0.2, 0) is 0 Å². The van der Waals surface area contributed by atoms with Gasteiger partial charge in [-0.1, -0.05) is 55.4 Å². The van der Waals surface area contributed by atoms with Crippen molar-refractivity contribution in [3.05, 3.63) is 74.9 Å². The Labute approximate surface area is 180 Å². The number of hydrogen-bond donors (Lipinski definition) is 2. The zero-order chi connectivity index (χ0) is 21.6. The summed E-state index contributed by atoms with van der Waals surface area (Å²) >= 11 is 0. The Morgan fingerprint density at radius 2 is 1.93 bits per heavy atom. The number of allylic oxidation sites excluding steroid dienone is 9. The second kappa shape index (κ2) is 10.1. The number of piperidine rings is 1. The van der Waals surface area contributed by atoms with Crippen molar-refractivity contribution in [2.24, 2.45) is 11.3 Å². The molecule has 1 aliphatic heterocycles. The van der Waals surface area contributed by atoms with Gasteiger partial charge in [0.25, 0.3) is 5.56 Å². The standard InChI is InChI=1S/C26H36N2O2/c1-19(7-5-8-20(2)17-22-18-25(29)28-30-22)10-11-24-23(9-6-14-26(24,3)4)21-12-15-27-16-13-21/h5,7-8,10-11,17-18,21,27H,6,9,12-16H2,1-4H3,(H,28,29)/b8-5+,11-10+,19-7+,20-17+. The van der Waals surface area contributed by atoms with Gasteiger partial charge in [-0.3, -0.25) is 4.79 Å². The van der Waals surface area contributed by atoms with Gasteiger partial charge in [-0.25, -0.2) is 0 Å². The molecule has 4 heteroatoms. The largest absolute Gasteiger partial charge is 0.379 e. The molecular formula is C26H36N2O2. The maximum Gasteiger partial charge on any atom is 0.280 e. The summed E-state index contributed by atoms with van der Waals surface area (Å²) in [5, 5.41) is 5.81. The Bertz CT molecular complexity index is 928. The second-order valence-corrected chi connectivity index (χ2v) is 9.31. The van der Waals surface area contributed by atoms with Crippen molar-refractivity contribution in [3.8, 4) is 0 Å². The van der Waals surface area contributed by atoms with E-state index in [9.17, 15) is 4.79 Å². The molecule has 2 heterocycles. The van der Waals surface area contributed by atoms with Crippen LogP contribution in [0.15, 0.2) is 68.1 Å². The molecule has 0 atom stereocenters. The fourth-order valence-electron chi connectivity index (χ4n) is 4.61. The molecule has 0 aromatic carbocycles. The smallest absolute Gasteiger partial charge is 0.280 e. The lowest BCUT2D eigenvalue weighted by atomic mass is 9.68. The van der Waals surface area contributed by atoms with E-state index >= 15 is 0 Å². The molecule has 4 nitrogen and oxygen atoms in total. The Morgan fingerprint density at radius 1 is 1.17 bits per heavy atom. The van der Waals surface area contributed by atoms with E-state index in [1.807, 2.05) is 25.2 Å². The number of nitrogens with one attached hydrogen (secondary N) is 2. The van der Waals surface area contributed by atoms with Crippen LogP contribution < -0.4 is 10.9 Å². The van der Waals surface area contributed by atoms with Crippen LogP contribution in [0.3, 0.4) is 0 Å². The molecular weight excluding hydrogens is 372 g/mol. The van der Waals surface area contributed by atoms with E-state index in [1.165, 1.54) is 43.7 Å². The summed E-state index contributed by atoms with van der Waals surface area (Å²) in [4.78, 5) is 11.1. The number of aromatic nitrogens is 1. The molecule has 0 radical (unpaired) electrons. The van der Waals surface area contributed by atoms with Crippen molar-refractivity contribution in [1.29, 1.82) is 0 Å². The molecule has 0 saturated carbocycles. The van der Waals surface area contributed by atoms with E-state index in [0.717, 1.165) is 24.6 Å². The summed E-state index contributed by atoms with van der Waals surface area (Å²) in [6.07, 6.45) is 19.1. The van der Waals surface area contributed by atoms with Crippen LogP contribution in [0, 0.1) is 11.3 Å². The van der Waals surface area contributed by atoms with E-state index in [0.29, 0.717) is 5.76 Å². The van der Waals surface area contributed by atoms with Crippen molar-refractivity contribution in [1.82, 2.24) is 10.5 Å². The van der Waals surface area contributed by atoms with Gasteiger partial charge in [-0.05, 0) is 87.6 Å². The molecule has 2 aliphatic rings. The molecule has 30 heavy (non-hydrogen) atoms. The number of H-pyrrole nitrogens is 1. The lowest BCUT2D eigenvalue weighted by molar-refractivity contribution is 0.336. The highest BCUT2D eigenvalue weighted by atomic mass is 16.5. The molecule has 1 aromatic rings. The van der Waals surface area contributed by atoms with Gasteiger partial charge < -0.3 is 9.84 Å². The van der Waals surface area contributed by atoms with Crippen LogP contribution in [-0.4, -0.2) is 18.2 Å². The first kappa shape index (κ1) is 22.4. The fourth-order valence-corrected chi connectivity index (χ4v) is 4.61. The third kappa shape index (κ3) is 6.09. The minimum atomic E-state index is -0.220. The van der Waals surface area contributed by atoms with Crippen molar-refractivity contribution in [3.63, 3.8) is 0 Å². The van der Waals surface area contributed by atoms with Crippen molar-refractivity contribution >= 4 is 6.08 Å². The minimum Gasteiger partial charge on any atom is -0.379 e. The fraction of sp³-hybridized carbons (Fsp3) is 0.500. The maximum absolute atomic E-state index is 11.1. The third-order valence-electron chi connectivity index (χ3n) is 6.30. The van der Waals surface area contributed by atoms with Crippen LogP contribution in [0.5, 0.6) is 0 Å². The van der Waals surface area contributed by atoms with E-state index in [4.69, 9.17) is 4.52 Å². The molecule has 1 aliphatic carbocycles. The van der Waals surface area contributed by atoms with Crippen LogP contribution in [0.25, 0.3) is 6.08 Å². The molecule has 0 spiro atoms. The monoisotopic (exact) mass is 408 g/mol. The molecule has 1 fully saturated rings. The van der Waals surface area contributed by atoms with E-state index in [-0.39, 0.29) is 11.0 Å². The van der Waals surface area contributed by atoms with Crippen molar-refractivity contribution in [2.75, 3.05) is 13.1 Å². The lowest BCUT2D eigenvalue weighted by Crippen LogP contribution is -2.31. The Balaban J connectivity index is 1.73. The van der Waals surface area contributed by atoms with Crippen LogP contribution >= 0.6 is 0 Å². The molecule has 162 valence electrons. The SMILES string of the molecule is CC(/C=C/C1=C(C2CCNCC2)CCCC1(C)C)=C\C=C\C(C)=C\c1cc(=O)[nH]o1. The molecule has 0 amide bonds. The van der Waals surface area contributed by atoms with Gasteiger partial charge in [-0.2, -0.15) is 5.16 Å². The first-order chi connectivity index (χ1) is 14.3. The Kier molecular flexibility index (Phi) is 7.54. The highest BCUT2D eigenvalue weighted by molar-refractivity contribution is 5.50. The van der Waals surface area contributed by atoms with Gasteiger partial charge in [-0.15, -0.1) is 0 Å². The Morgan fingerprint density at radius 3 is 2.63 bits per heavy atom. The number of hydrogen-bond acceptors (Lipinski definition) is 3.